The summed E-state index contributed by atoms with van der Waals surface area (Å²) in [4.78, 5) is 4.13. The fourth-order valence-corrected chi connectivity index (χ4v) is 2.45. The van der Waals surface area contributed by atoms with Gasteiger partial charge in [-0.15, -0.1) is 0 Å². The maximum absolute atomic E-state index is 5.37. The van der Waals surface area contributed by atoms with E-state index in [-0.39, 0.29) is 0 Å². The fourth-order valence-electron chi connectivity index (χ4n) is 2.21. The van der Waals surface area contributed by atoms with Gasteiger partial charge in [-0.2, -0.15) is 5.10 Å². The van der Waals surface area contributed by atoms with Gasteiger partial charge in [-0.05, 0) is 55.0 Å². The lowest BCUT2D eigenvalue weighted by atomic mass is 10.1. The molecule has 6 heteroatoms. The fraction of sp³-hybridized carbons (Fsp3) is 0.133. The first-order valence-corrected chi connectivity index (χ1v) is 6.84. The number of rotatable bonds is 3. The van der Waals surface area contributed by atoms with E-state index in [2.05, 4.69) is 15.2 Å². The zero-order chi connectivity index (χ0) is 14.8. The van der Waals surface area contributed by atoms with Crippen LogP contribution >= 0.6 is 12.2 Å². The monoisotopic (exact) mass is 298 g/mol. The Hall–Kier alpha value is -2.47. The van der Waals surface area contributed by atoms with Crippen LogP contribution in [0, 0.1) is 11.7 Å². The molecule has 0 aliphatic heterocycles. The summed E-state index contributed by atoms with van der Waals surface area (Å²) in [7, 11) is 1.65. The third-order valence-electron chi connectivity index (χ3n) is 3.24. The Morgan fingerprint density at radius 3 is 2.81 bits per heavy atom. The highest BCUT2D eigenvalue weighted by atomic mass is 32.1. The predicted molar refractivity (Wildman–Crippen MR) is 83.3 cm³/mol. The van der Waals surface area contributed by atoms with Crippen molar-refractivity contribution in [1.82, 2.24) is 19.7 Å². The highest BCUT2D eigenvalue weighted by molar-refractivity contribution is 7.71. The van der Waals surface area contributed by atoms with Crippen LogP contribution in [0.15, 0.2) is 42.7 Å². The molecule has 3 aromatic rings. The zero-order valence-electron chi connectivity index (χ0n) is 11.7. The van der Waals surface area contributed by atoms with E-state index in [4.69, 9.17) is 17.0 Å². The van der Waals surface area contributed by atoms with E-state index in [0.717, 1.165) is 28.4 Å². The number of nitrogens with zero attached hydrogens (tertiary/aromatic N) is 3. The van der Waals surface area contributed by atoms with Gasteiger partial charge in [0.05, 0.1) is 12.8 Å². The van der Waals surface area contributed by atoms with Gasteiger partial charge in [-0.3, -0.25) is 14.6 Å². The Balaban J connectivity index is 2.20. The molecule has 1 N–H and O–H groups in total. The molecule has 0 aliphatic rings. The highest BCUT2D eigenvalue weighted by Gasteiger charge is 2.12. The van der Waals surface area contributed by atoms with E-state index in [1.165, 1.54) is 0 Å². The maximum Gasteiger partial charge on any atom is 0.200 e. The SMILES string of the molecule is COc1ccc(-n2c(-c3cccnc3)n[nH]c2=S)c(C)c1. The van der Waals surface area contributed by atoms with Crippen LogP contribution in [0.1, 0.15) is 5.56 Å². The molecule has 0 bridgehead atoms. The second-order valence-electron chi connectivity index (χ2n) is 4.58. The van der Waals surface area contributed by atoms with Gasteiger partial charge < -0.3 is 4.74 Å². The Morgan fingerprint density at radius 1 is 1.29 bits per heavy atom. The first-order chi connectivity index (χ1) is 10.2. The lowest BCUT2D eigenvalue weighted by Gasteiger charge is -2.11. The molecule has 0 saturated heterocycles. The number of aromatic amines is 1. The smallest absolute Gasteiger partial charge is 0.200 e. The van der Waals surface area contributed by atoms with E-state index in [1.807, 2.05) is 41.8 Å². The average Bonchev–Trinajstić information content (AvgIpc) is 2.89. The standard InChI is InChI=1S/C15H14N4OS/c1-10-8-12(20-2)5-6-13(10)19-14(17-18-15(19)21)11-4-3-7-16-9-11/h3-9H,1-2H3,(H,18,21). The Morgan fingerprint density at radius 2 is 2.14 bits per heavy atom. The molecule has 21 heavy (non-hydrogen) atoms. The molecule has 0 aliphatic carbocycles. The van der Waals surface area contributed by atoms with Crippen LogP contribution in [0.3, 0.4) is 0 Å². The number of hydrogen-bond donors (Lipinski definition) is 1. The third-order valence-corrected chi connectivity index (χ3v) is 3.51. The summed E-state index contributed by atoms with van der Waals surface area (Å²) in [6.07, 6.45) is 3.49. The van der Waals surface area contributed by atoms with Crippen molar-refractivity contribution in [1.29, 1.82) is 0 Å². The lowest BCUT2D eigenvalue weighted by molar-refractivity contribution is 0.414. The van der Waals surface area contributed by atoms with E-state index >= 15 is 0 Å². The maximum atomic E-state index is 5.37. The van der Waals surface area contributed by atoms with Gasteiger partial charge >= 0.3 is 0 Å². The van der Waals surface area contributed by atoms with Crippen LogP contribution in [0.4, 0.5) is 0 Å². The summed E-state index contributed by atoms with van der Waals surface area (Å²) < 4.78 is 7.69. The number of methoxy groups -OCH3 is 1. The summed E-state index contributed by atoms with van der Waals surface area (Å²) in [6, 6.07) is 9.67. The molecule has 0 atom stereocenters. The molecule has 0 amide bonds. The summed E-state index contributed by atoms with van der Waals surface area (Å²) in [5.74, 6) is 1.55. The first-order valence-electron chi connectivity index (χ1n) is 6.43. The van der Waals surface area contributed by atoms with Gasteiger partial charge in [0.1, 0.15) is 5.75 Å². The van der Waals surface area contributed by atoms with Crippen LogP contribution in [-0.4, -0.2) is 26.9 Å². The number of H-pyrrole nitrogens is 1. The number of pyridine rings is 1. The largest absolute Gasteiger partial charge is 0.497 e. The van der Waals surface area contributed by atoms with Crippen molar-refractivity contribution in [2.45, 2.75) is 6.92 Å². The van der Waals surface area contributed by atoms with Gasteiger partial charge in [-0.25, -0.2) is 0 Å². The topological polar surface area (TPSA) is 55.7 Å². The van der Waals surface area contributed by atoms with Gasteiger partial charge in [0.2, 0.25) is 0 Å². The molecular weight excluding hydrogens is 284 g/mol. The predicted octanol–water partition coefficient (Wildman–Crippen LogP) is 3.31. The van der Waals surface area contributed by atoms with E-state index in [9.17, 15) is 0 Å². The summed E-state index contributed by atoms with van der Waals surface area (Å²) in [6.45, 7) is 2.01. The van der Waals surface area contributed by atoms with E-state index in [1.54, 1.807) is 19.5 Å². The second kappa shape index (κ2) is 5.49. The number of aryl methyl sites for hydroxylation is 1. The summed E-state index contributed by atoms with van der Waals surface area (Å²) >= 11 is 5.37. The Bertz CT molecular complexity index is 823. The van der Waals surface area contributed by atoms with Gasteiger partial charge in [0.15, 0.2) is 10.6 Å². The minimum atomic E-state index is 0.544. The zero-order valence-corrected chi connectivity index (χ0v) is 12.5. The second-order valence-corrected chi connectivity index (χ2v) is 4.97. The van der Waals surface area contributed by atoms with E-state index in [0.29, 0.717) is 4.77 Å². The van der Waals surface area contributed by atoms with Crippen LogP contribution < -0.4 is 4.74 Å². The van der Waals surface area contributed by atoms with Crippen molar-refractivity contribution in [2.75, 3.05) is 7.11 Å². The molecule has 0 saturated carbocycles. The number of hydrogen-bond acceptors (Lipinski definition) is 4. The first kappa shape index (κ1) is 13.5. The van der Waals surface area contributed by atoms with Gasteiger partial charge in [0.25, 0.3) is 0 Å². The number of aromatic nitrogens is 4. The molecular formula is C15H14N4OS. The summed E-state index contributed by atoms with van der Waals surface area (Å²) in [5.41, 5.74) is 2.92. The van der Waals surface area contributed by atoms with Crippen molar-refractivity contribution in [3.05, 3.63) is 53.1 Å². The van der Waals surface area contributed by atoms with Crippen LogP contribution in [0.2, 0.25) is 0 Å². The van der Waals surface area contributed by atoms with Gasteiger partial charge in [-0.1, -0.05) is 0 Å². The van der Waals surface area contributed by atoms with Crippen molar-refractivity contribution in [3.8, 4) is 22.8 Å². The molecule has 0 radical (unpaired) electrons. The summed E-state index contributed by atoms with van der Waals surface area (Å²) in [5, 5.41) is 7.17. The van der Waals surface area contributed by atoms with Crippen molar-refractivity contribution in [2.24, 2.45) is 0 Å². The molecule has 1 aromatic carbocycles. The number of ether oxygens (including phenoxy) is 1. The average molecular weight is 298 g/mol. The molecule has 2 aromatic heterocycles. The quantitative estimate of drug-likeness (QED) is 0.754. The van der Waals surface area contributed by atoms with Crippen molar-refractivity contribution in [3.63, 3.8) is 0 Å². The molecule has 2 heterocycles. The van der Waals surface area contributed by atoms with Crippen LogP contribution in [-0.2, 0) is 0 Å². The van der Waals surface area contributed by atoms with Crippen molar-refractivity contribution >= 4 is 12.2 Å². The normalized spacial score (nSPS) is 10.6. The van der Waals surface area contributed by atoms with Gasteiger partial charge in [0, 0.05) is 18.0 Å². The molecule has 0 unspecified atom stereocenters. The van der Waals surface area contributed by atoms with E-state index < -0.39 is 0 Å². The number of nitrogens with one attached hydrogen (secondary N) is 1. The lowest BCUT2D eigenvalue weighted by Crippen LogP contribution is -2.00. The molecule has 106 valence electrons. The molecule has 5 nitrogen and oxygen atoms in total. The minimum Gasteiger partial charge on any atom is -0.497 e. The molecule has 3 rings (SSSR count). The van der Waals surface area contributed by atoms with Crippen molar-refractivity contribution < 1.29 is 4.74 Å². The minimum absolute atomic E-state index is 0.544. The molecule has 0 fully saturated rings. The van der Waals surface area contributed by atoms with Crippen LogP contribution in [0.25, 0.3) is 17.1 Å². The Labute approximate surface area is 127 Å². The Kier molecular flexibility index (Phi) is 3.53. The number of benzene rings is 1. The highest BCUT2D eigenvalue weighted by Crippen LogP contribution is 2.25. The third kappa shape index (κ3) is 2.45. The van der Waals surface area contributed by atoms with Crippen LogP contribution in [0.5, 0.6) is 5.75 Å². The molecule has 0 spiro atoms.